The van der Waals surface area contributed by atoms with E-state index in [9.17, 15) is 4.39 Å². The largest absolute Gasteiger partial charge is 0.383 e. The maximum Gasteiger partial charge on any atom is 0.224 e. The molecule has 1 N–H and O–H groups in total. The molecule has 98 valence electrons. The number of nitrogens with zero attached hydrogens (tertiary/aromatic N) is 4. The molecule has 0 bridgehead atoms. The van der Waals surface area contributed by atoms with Crippen LogP contribution in [0.5, 0.6) is 0 Å². The van der Waals surface area contributed by atoms with Gasteiger partial charge >= 0.3 is 0 Å². The molecule has 0 aliphatic heterocycles. The number of nitriles is 1. The van der Waals surface area contributed by atoms with Gasteiger partial charge in [-0.1, -0.05) is 0 Å². The van der Waals surface area contributed by atoms with Crippen molar-refractivity contribution in [3.8, 4) is 6.07 Å². The smallest absolute Gasteiger partial charge is 0.224 e. The summed E-state index contributed by atoms with van der Waals surface area (Å²) in [5.74, 6) is 0.00969. The summed E-state index contributed by atoms with van der Waals surface area (Å²) in [6.45, 7) is 1.30. The van der Waals surface area contributed by atoms with Gasteiger partial charge in [0.15, 0.2) is 11.6 Å². The predicted molar refractivity (Wildman–Crippen MR) is 65.9 cm³/mol. The fourth-order valence-corrected chi connectivity index (χ4v) is 1.41. The van der Waals surface area contributed by atoms with Crippen molar-refractivity contribution < 1.29 is 9.13 Å². The average molecular weight is 253 g/mol. The number of rotatable bonds is 7. The van der Waals surface area contributed by atoms with Gasteiger partial charge in [0.05, 0.1) is 25.3 Å². The van der Waals surface area contributed by atoms with Crippen molar-refractivity contribution in [3.63, 3.8) is 0 Å². The molecular formula is C11H16FN5O. The Bertz CT molecular complexity index is 420. The van der Waals surface area contributed by atoms with E-state index in [0.29, 0.717) is 32.1 Å². The first-order valence-electron chi connectivity index (χ1n) is 5.54. The molecule has 6 nitrogen and oxygen atoms in total. The van der Waals surface area contributed by atoms with Gasteiger partial charge in [-0.15, -0.1) is 0 Å². The predicted octanol–water partition coefficient (Wildman–Crippen LogP) is 1.02. The summed E-state index contributed by atoms with van der Waals surface area (Å²) >= 11 is 0. The zero-order valence-corrected chi connectivity index (χ0v) is 10.5. The van der Waals surface area contributed by atoms with E-state index in [2.05, 4.69) is 15.3 Å². The summed E-state index contributed by atoms with van der Waals surface area (Å²) in [7, 11) is 3.23. The number of ether oxygens (including phenoxy) is 1. The Morgan fingerprint density at radius 3 is 2.94 bits per heavy atom. The van der Waals surface area contributed by atoms with E-state index in [0.717, 1.165) is 6.20 Å². The van der Waals surface area contributed by atoms with Gasteiger partial charge in [0.2, 0.25) is 5.95 Å². The van der Waals surface area contributed by atoms with Gasteiger partial charge < -0.3 is 15.0 Å². The van der Waals surface area contributed by atoms with E-state index in [-0.39, 0.29) is 5.82 Å². The van der Waals surface area contributed by atoms with Crippen LogP contribution >= 0.6 is 0 Å². The Hall–Kier alpha value is -1.94. The molecule has 0 atom stereocenters. The quantitative estimate of drug-likeness (QED) is 0.782. The molecule has 0 unspecified atom stereocenters. The van der Waals surface area contributed by atoms with Gasteiger partial charge in [0, 0.05) is 27.2 Å². The lowest BCUT2D eigenvalue weighted by atomic mass is 10.3. The summed E-state index contributed by atoms with van der Waals surface area (Å²) < 4.78 is 18.7. The summed E-state index contributed by atoms with van der Waals surface area (Å²) in [5, 5.41) is 11.4. The Labute approximate surface area is 105 Å². The van der Waals surface area contributed by atoms with Gasteiger partial charge in [0.25, 0.3) is 0 Å². The molecule has 0 spiro atoms. The summed E-state index contributed by atoms with van der Waals surface area (Å²) in [4.78, 5) is 9.51. The van der Waals surface area contributed by atoms with Crippen molar-refractivity contribution in [1.29, 1.82) is 5.26 Å². The lowest BCUT2D eigenvalue weighted by molar-refractivity contribution is 0.205. The maximum absolute atomic E-state index is 13.7. The van der Waals surface area contributed by atoms with Gasteiger partial charge in [0.1, 0.15) is 0 Å². The van der Waals surface area contributed by atoms with E-state index in [4.69, 9.17) is 10.00 Å². The normalized spacial score (nSPS) is 9.89. The van der Waals surface area contributed by atoms with Crippen LogP contribution < -0.4 is 10.2 Å². The van der Waals surface area contributed by atoms with Crippen molar-refractivity contribution in [2.24, 2.45) is 0 Å². The van der Waals surface area contributed by atoms with Gasteiger partial charge in [-0.25, -0.2) is 9.37 Å². The first-order chi connectivity index (χ1) is 8.72. The van der Waals surface area contributed by atoms with Crippen molar-refractivity contribution in [2.45, 2.75) is 6.42 Å². The lowest BCUT2D eigenvalue weighted by Gasteiger charge is -2.22. The maximum atomic E-state index is 13.7. The lowest BCUT2D eigenvalue weighted by Crippen LogP contribution is -2.30. The molecule has 1 heterocycles. The van der Waals surface area contributed by atoms with Gasteiger partial charge in [-0.2, -0.15) is 10.2 Å². The van der Waals surface area contributed by atoms with Crippen LogP contribution in [0.25, 0.3) is 0 Å². The summed E-state index contributed by atoms with van der Waals surface area (Å²) in [6.07, 6.45) is 1.41. The van der Waals surface area contributed by atoms with E-state index in [1.54, 1.807) is 19.1 Å². The molecular weight excluding hydrogens is 237 g/mol. The molecule has 0 aromatic carbocycles. The standard InChI is InChI=1S/C11H16FN5O/c1-14-11-15-8-9(12)10(16-11)17(5-3-4-13)6-7-18-2/h8H,3,5-7H2,1-2H3,(H,14,15,16). The van der Waals surface area contributed by atoms with Crippen LogP contribution in [-0.4, -0.2) is 43.8 Å². The number of anilines is 2. The van der Waals surface area contributed by atoms with Crippen molar-refractivity contribution >= 4 is 11.8 Å². The van der Waals surface area contributed by atoms with Crippen LogP contribution in [0, 0.1) is 17.1 Å². The minimum absolute atomic E-state index is 0.182. The summed E-state index contributed by atoms with van der Waals surface area (Å²) in [6, 6.07) is 2.03. The molecule has 0 saturated heterocycles. The fraction of sp³-hybridized carbons (Fsp3) is 0.545. The summed E-state index contributed by atoms with van der Waals surface area (Å²) in [5.41, 5.74) is 0. The zero-order chi connectivity index (χ0) is 13.4. The second-order valence-electron chi connectivity index (χ2n) is 3.50. The molecule has 18 heavy (non-hydrogen) atoms. The Balaban J connectivity index is 2.91. The van der Waals surface area contributed by atoms with E-state index in [1.807, 2.05) is 6.07 Å². The SMILES string of the molecule is CNc1ncc(F)c(N(CCC#N)CCOC)n1. The highest BCUT2D eigenvalue weighted by atomic mass is 19.1. The second-order valence-corrected chi connectivity index (χ2v) is 3.50. The Morgan fingerprint density at radius 1 is 1.56 bits per heavy atom. The first kappa shape index (κ1) is 14.1. The van der Waals surface area contributed by atoms with Crippen LogP contribution in [0.2, 0.25) is 0 Å². The van der Waals surface area contributed by atoms with Crippen molar-refractivity contribution in [3.05, 3.63) is 12.0 Å². The van der Waals surface area contributed by atoms with Crippen LogP contribution in [-0.2, 0) is 4.74 Å². The van der Waals surface area contributed by atoms with E-state index >= 15 is 0 Å². The number of nitrogens with one attached hydrogen (secondary N) is 1. The van der Waals surface area contributed by atoms with Crippen LogP contribution in [0.1, 0.15) is 6.42 Å². The minimum atomic E-state index is -0.511. The average Bonchev–Trinajstić information content (AvgIpc) is 2.40. The number of methoxy groups -OCH3 is 1. The minimum Gasteiger partial charge on any atom is -0.383 e. The van der Waals surface area contributed by atoms with Crippen LogP contribution in [0.3, 0.4) is 0 Å². The molecule has 0 amide bonds. The highest BCUT2D eigenvalue weighted by Crippen LogP contribution is 2.17. The Morgan fingerprint density at radius 2 is 2.33 bits per heavy atom. The molecule has 0 aliphatic rings. The van der Waals surface area contributed by atoms with Crippen LogP contribution in [0.15, 0.2) is 6.20 Å². The topological polar surface area (TPSA) is 74.1 Å². The fourth-order valence-electron chi connectivity index (χ4n) is 1.41. The molecule has 0 radical (unpaired) electrons. The molecule has 1 rings (SSSR count). The van der Waals surface area contributed by atoms with Crippen LogP contribution in [0.4, 0.5) is 16.2 Å². The third-order valence-corrected chi connectivity index (χ3v) is 2.31. The highest BCUT2D eigenvalue weighted by Gasteiger charge is 2.14. The second kappa shape index (κ2) is 7.40. The zero-order valence-electron chi connectivity index (χ0n) is 10.5. The number of hydrogen-bond acceptors (Lipinski definition) is 6. The molecule has 7 heteroatoms. The first-order valence-corrected chi connectivity index (χ1v) is 5.54. The molecule has 1 aromatic heterocycles. The number of aromatic nitrogens is 2. The molecule has 0 saturated carbocycles. The van der Waals surface area contributed by atoms with Crippen molar-refractivity contribution in [2.75, 3.05) is 44.1 Å². The van der Waals surface area contributed by atoms with Gasteiger partial charge in [-0.05, 0) is 0 Å². The monoisotopic (exact) mass is 253 g/mol. The number of halogens is 1. The van der Waals surface area contributed by atoms with Crippen molar-refractivity contribution in [1.82, 2.24) is 9.97 Å². The molecule has 0 fully saturated rings. The third kappa shape index (κ3) is 3.82. The number of hydrogen-bond donors (Lipinski definition) is 1. The van der Waals surface area contributed by atoms with E-state index < -0.39 is 5.82 Å². The molecule has 0 aliphatic carbocycles. The highest BCUT2D eigenvalue weighted by molar-refractivity contribution is 5.43. The molecule has 1 aromatic rings. The Kier molecular flexibility index (Phi) is 5.80. The van der Waals surface area contributed by atoms with E-state index in [1.165, 1.54) is 0 Å². The third-order valence-electron chi connectivity index (χ3n) is 2.31. The van der Waals surface area contributed by atoms with Gasteiger partial charge in [-0.3, -0.25) is 0 Å².